The third kappa shape index (κ3) is 6.04. The van der Waals surface area contributed by atoms with E-state index >= 15 is 0 Å². The lowest BCUT2D eigenvalue weighted by molar-refractivity contribution is 0.199. The number of nitrogens with two attached hydrogens (primary N) is 1. The van der Waals surface area contributed by atoms with Crippen LogP contribution in [0.25, 0.3) is 0 Å². The molecule has 0 rings (SSSR count). The second-order valence-electron chi connectivity index (χ2n) is 3.52. The quantitative estimate of drug-likeness (QED) is 0.342. The van der Waals surface area contributed by atoms with E-state index in [4.69, 9.17) is 15.9 Å². The second-order valence-corrected chi connectivity index (χ2v) is 5.61. The number of rotatable bonds is 9. The Labute approximate surface area is 97.3 Å². The molecule has 96 valence electrons. The Morgan fingerprint density at radius 2 is 2.12 bits per heavy atom. The third-order valence-electron chi connectivity index (χ3n) is 1.96. The number of methoxy groups -OCH3 is 1. The first-order valence-corrected chi connectivity index (χ1v) is 6.84. The van der Waals surface area contributed by atoms with Gasteiger partial charge in [-0.25, -0.2) is 8.42 Å². The molecule has 0 saturated carbocycles. The molecule has 0 saturated heterocycles. The van der Waals surface area contributed by atoms with Gasteiger partial charge in [-0.3, -0.25) is 5.41 Å². The van der Waals surface area contributed by atoms with Crippen molar-refractivity contribution in [3.05, 3.63) is 0 Å². The average molecular weight is 251 g/mol. The first kappa shape index (κ1) is 15.3. The van der Waals surface area contributed by atoms with Gasteiger partial charge in [0.2, 0.25) is 10.0 Å². The molecule has 0 bridgehead atoms. The lowest BCUT2D eigenvalue weighted by atomic mass is 10.4. The molecular formula is C9H21N3O3S. The Balaban J connectivity index is 4.43. The van der Waals surface area contributed by atoms with Crippen molar-refractivity contribution in [1.29, 1.82) is 5.41 Å². The highest BCUT2D eigenvalue weighted by Gasteiger charge is 2.21. The van der Waals surface area contributed by atoms with Crippen LogP contribution in [0.3, 0.4) is 0 Å². The predicted molar refractivity (Wildman–Crippen MR) is 64.1 cm³/mol. The van der Waals surface area contributed by atoms with Crippen molar-refractivity contribution < 1.29 is 13.2 Å². The molecule has 0 aromatic heterocycles. The summed E-state index contributed by atoms with van der Waals surface area (Å²) in [6.07, 6.45) is 1.16. The van der Waals surface area contributed by atoms with Gasteiger partial charge in [-0.15, -0.1) is 0 Å². The molecule has 0 heterocycles. The molecule has 0 aromatic carbocycles. The van der Waals surface area contributed by atoms with Crippen LogP contribution in [0.15, 0.2) is 0 Å². The van der Waals surface area contributed by atoms with Crippen LogP contribution in [0.4, 0.5) is 0 Å². The molecule has 16 heavy (non-hydrogen) atoms. The van der Waals surface area contributed by atoms with Crippen molar-refractivity contribution in [2.24, 2.45) is 5.73 Å². The van der Waals surface area contributed by atoms with Crippen molar-refractivity contribution in [2.75, 3.05) is 32.6 Å². The highest BCUT2D eigenvalue weighted by molar-refractivity contribution is 7.89. The van der Waals surface area contributed by atoms with Crippen LogP contribution < -0.4 is 5.73 Å². The highest BCUT2D eigenvalue weighted by atomic mass is 32.2. The summed E-state index contributed by atoms with van der Waals surface area (Å²) < 4.78 is 29.8. The molecule has 0 aliphatic heterocycles. The van der Waals surface area contributed by atoms with Crippen LogP contribution >= 0.6 is 0 Å². The van der Waals surface area contributed by atoms with Crippen LogP contribution in [0.2, 0.25) is 0 Å². The van der Waals surface area contributed by atoms with Crippen LogP contribution in [-0.4, -0.2) is 51.1 Å². The third-order valence-corrected chi connectivity index (χ3v) is 3.87. The Morgan fingerprint density at radius 3 is 2.56 bits per heavy atom. The number of amidine groups is 1. The first-order chi connectivity index (χ1) is 7.44. The van der Waals surface area contributed by atoms with E-state index < -0.39 is 10.0 Å². The summed E-state index contributed by atoms with van der Waals surface area (Å²) in [4.78, 5) is 0. The van der Waals surface area contributed by atoms with Gasteiger partial charge in [0.1, 0.15) is 5.84 Å². The number of nitrogens with one attached hydrogen (secondary N) is 1. The minimum absolute atomic E-state index is 0.0246. The fourth-order valence-corrected chi connectivity index (χ4v) is 2.81. The molecule has 6 nitrogen and oxygen atoms in total. The summed E-state index contributed by atoms with van der Waals surface area (Å²) in [5.41, 5.74) is 5.23. The van der Waals surface area contributed by atoms with Crippen LogP contribution in [-0.2, 0) is 14.8 Å². The van der Waals surface area contributed by atoms with Gasteiger partial charge < -0.3 is 10.5 Å². The second kappa shape index (κ2) is 7.59. The molecule has 0 unspecified atom stereocenters. The van der Waals surface area contributed by atoms with Crippen LogP contribution in [0, 0.1) is 5.41 Å². The number of sulfonamides is 1. The summed E-state index contributed by atoms with van der Waals surface area (Å²) >= 11 is 0. The van der Waals surface area contributed by atoms with E-state index in [1.54, 1.807) is 0 Å². The van der Waals surface area contributed by atoms with Crippen molar-refractivity contribution in [3.63, 3.8) is 0 Å². The van der Waals surface area contributed by atoms with Gasteiger partial charge in [0.15, 0.2) is 0 Å². The summed E-state index contributed by atoms with van der Waals surface area (Å²) in [5, 5.41) is 7.14. The van der Waals surface area contributed by atoms with Gasteiger partial charge in [0.25, 0.3) is 0 Å². The Morgan fingerprint density at radius 1 is 1.50 bits per heavy atom. The maximum Gasteiger partial charge on any atom is 0.214 e. The van der Waals surface area contributed by atoms with E-state index in [0.717, 1.165) is 0 Å². The normalized spacial score (nSPS) is 11.9. The van der Waals surface area contributed by atoms with Gasteiger partial charge in [-0.1, -0.05) is 6.92 Å². The van der Waals surface area contributed by atoms with E-state index in [1.807, 2.05) is 6.92 Å². The minimum Gasteiger partial charge on any atom is -0.387 e. The number of nitrogens with zero attached hydrogens (tertiary/aromatic N) is 1. The Hall–Kier alpha value is -0.660. The number of ether oxygens (including phenoxy) is 1. The highest BCUT2D eigenvalue weighted by Crippen LogP contribution is 2.04. The zero-order valence-corrected chi connectivity index (χ0v) is 10.7. The number of hydrogen-bond acceptors (Lipinski definition) is 4. The molecule has 0 radical (unpaired) electrons. The summed E-state index contributed by atoms with van der Waals surface area (Å²) in [5.74, 6) is -0.0996. The molecule has 0 amide bonds. The van der Waals surface area contributed by atoms with Crippen LogP contribution in [0.1, 0.15) is 19.8 Å². The monoisotopic (exact) mass is 251 g/mol. The zero-order chi connectivity index (χ0) is 12.6. The lowest BCUT2D eigenvalue weighted by Crippen LogP contribution is -2.40. The molecule has 3 N–H and O–H groups in total. The summed E-state index contributed by atoms with van der Waals surface area (Å²) in [7, 11) is -1.79. The molecule has 0 fully saturated rings. The first-order valence-electron chi connectivity index (χ1n) is 5.23. The van der Waals surface area contributed by atoms with Gasteiger partial charge in [-0.05, 0) is 12.8 Å². The zero-order valence-electron chi connectivity index (χ0n) is 9.90. The standard InChI is InChI=1S/C9H21N3O3S/c1-3-5-12(8-9(10)11)16(13,14)7-4-6-15-2/h3-8H2,1-2H3,(H3,10,11). The molecule has 0 aromatic rings. The minimum atomic E-state index is -3.32. The molecule has 0 aliphatic rings. The van der Waals surface area contributed by atoms with Crippen LogP contribution in [0.5, 0.6) is 0 Å². The van der Waals surface area contributed by atoms with Crippen molar-refractivity contribution in [2.45, 2.75) is 19.8 Å². The fraction of sp³-hybridized carbons (Fsp3) is 0.889. The predicted octanol–water partition coefficient (Wildman–Crippen LogP) is 0.000670. The van der Waals surface area contributed by atoms with Gasteiger partial charge >= 0.3 is 0 Å². The van der Waals surface area contributed by atoms with Crippen molar-refractivity contribution in [3.8, 4) is 0 Å². The van der Waals surface area contributed by atoms with E-state index in [0.29, 0.717) is 26.0 Å². The molecular weight excluding hydrogens is 230 g/mol. The van der Waals surface area contributed by atoms with Gasteiger partial charge in [-0.2, -0.15) is 4.31 Å². The van der Waals surface area contributed by atoms with Crippen molar-refractivity contribution >= 4 is 15.9 Å². The summed E-state index contributed by atoms with van der Waals surface area (Å²) in [6.45, 7) is 2.68. The van der Waals surface area contributed by atoms with E-state index in [9.17, 15) is 8.42 Å². The van der Waals surface area contributed by atoms with E-state index in [2.05, 4.69) is 0 Å². The average Bonchev–Trinajstić information content (AvgIpc) is 2.16. The fourth-order valence-electron chi connectivity index (χ4n) is 1.27. The topological polar surface area (TPSA) is 96.5 Å². The molecule has 0 atom stereocenters. The Bertz CT molecular complexity index is 303. The molecule has 7 heteroatoms. The van der Waals surface area contributed by atoms with Gasteiger partial charge in [0.05, 0.1) is 12.3 Å². The van der Waals surface area contributed by atoms with Gasteiger partial charge in [0, 0.05) is 20.3 Å². The Kier molecular flexibility index (Phi) is 7.27. The van der Waals surface area contributed by atoms with E-state index in [1.165, 1.54) is 11.4 Å². The molecule has 0 spiro atoms. The smallest absolute Gasteiger partial charge is 0.214 e. The summed E-state index contributed by atoms with van der Waals surface area (Å²) in [6, 6.07) is 0. The largest absolute Gasteiger partial charge is 0.387 e. The SMILES string of the molecule is CCCN(CC(=N)N)S(=O)(=O)CCCOC. The maximum atomic E-state index is 11.8. The number of hydrogen-bond donors (Lipinski definition) is 2. The molecule has 0 aliphatic carbocycles. The van der Waals surface area contributed by atoms with Crippen molar-refractivity contribution in [1.82, 2.24) is 4.31 Å². The maximum absolute atomic E-state index is 11.8. The van der Waals surface area contributed by atoms with E-state index in [-0.39, 0.29) is 18.1 Å². The lowest BCUT2D eigenvalue weighted by Gasteiger charge is -2.20.